The number of β-lactam (4-membered cyclic amide) rings is 1. The lowest BCUT2D eigenvalue weighted by Gasteiger charge is -2.44. The topological polar surface area (TPSA) is 119 Å². The van der Waals surface area contributed by atoms with Gasteiger partial charge in [-0.05, 0) is 6.92 Å². The van der Waals surface area contributed by atoms with E-state index in [0.29, 0.717) is 4.24 Å². The molecule has 2 N–H and O–H groups in total. The van der Waals surface area contributed by atoms with Crippen molar-refractivity contribution in [3.8, 4) is 0 Å². The minimum absolute atomic E-state index is 0.0154. The highest BCUT2D eigenvalue weighted by Gasteiger charge is 2.56. The van der Waals surface area contributed by atoms with Crippen LogP contribution in [0.2, 0.25) is 0 Å². The molecule has 0 saturated carbocycles. The van der Waals surface area contributed by atoms with Crippen LogP contribution in [0.5, 0.6) is 0 Å². The number of carboxylic acids is 1. The zero-order valence-corrected chi connectivity index (χ0v) is 17.0. The first kappa shape index (κ1) is 19.3. The Bertz CT molecular complexity index is 896. The van der Waals surface area contributed by atoms with E-state index in [1.54, 1.807) is 18.5 Å². The normalized spacial score (nSPS) is 26.8. The number of rotatable bonds is 6. The van der Waals surface area contributed by atoms with Crippen molar-refractivity contribution in [3.05, 3.63) is 28.2 Å². The molecular weight excluding hydrogens is 404 g/mol. The summed E-state index contributed by atoms with van der Waals surface area (Å²) in [7, 11) is 1.59. The molecule has 0 unspecified atom stereocenters. The molecule has 0 radical (unpaired) electrons. The van der Waals surface area contributed by atoms with Crippen LogP contribution in [0, 0.1) is 5.92 Å². The molecule has 1 saturated heterocycles. The molecule has 2 amide bonds. The number of aromatic nitrogens is 2. The number of carboxylic acid groups (broad SMARTS) is 1. The molecule has 1 aromatic rings. The number of carbonyl (C=O) groups excluding carboxylic acids is 3. The number of hydrogen-bond donors (Lipinski definition) is 2. The summed E-state index contributed by atoms with van der Waals surface area (Å²) in [5.41, 5.74) is 0.914. The molecule has 3 aliphatic heterocycles. The molecule has 1 aromatic heterocycles. The summed E-state index contributed by atoms with van der Waals surface area (Å²) in [5.74, 6) is -2.45. The van der Waals surface area contributed by atoms with Crippen LogP contribution in [0.4, 0.5) is 0 Å². The highest BCUT2D eigenvalue weighted by Crippen LogP contribution is 2.57. The first-order chi connectivity index (χ1) is 13.3. The number of hydrogen-bond acceptors (Lipinski definition) is 7. The van der Waals surface area contributed by atoms with Gasteiger partial charge in [-0.1, -0.05) is 11.8 Å². The highest BCUT2D eigenvalue weighted by atomic mass is 32.2. The number of fused-ring (bicyclic) bond motifs is 2. The van der Waals surface area contributed by atoms with Gasteiger partial charge in [0, 0.05) is 13.5 Å². The maximum atomic E-state index is 12.3. The summed E-state index contributed by atoms with van der Waals surface area (Å²) < 4.78 is 4.40. The summed E-state index contributed by atoms with van der Waals surface area (Å²) in [4.78, 5) is 36.8. The van der Waals surface area contributed by atoms with Crippen molar-refractivity contribution in [3.63, 3.8) is 0 Å². The van der Waals surface area contributed by atoms with Gasteiger partial charge in [-0.3, -0.25) is 14.5 Å². The van der Waals surface area contributed by atoms with E-state index in [0.717, 1.165) is 18.7 Å². The summed E-state index contributed by atoms with van der Waals surface area (Å²) in [6, 6.07) is 0. The minimum atomic E-state index is -1.38. The lowest BCUT2D eigenvalue weighted by Crippen LogP contribution is -2.61. The predicted molar refractivity (Wildman–Crippen MR) is 99.1 cm³/mol. The average Bonchev–Trinajstić information content (AvgIpc) is 3.27. The highest BCUT2D eigenvalue weighted by molar-refractivity contribution is 8.22. The zero-order chi connectivity index (χ0) is 20.2. The molecule has 0 bridgehead atoms. The number of aliphatic hydroxyl groups excluding tert-OH is 1. The first-order valence-electron chi connectivity index (χ1n) is 8.91. The zero-order valence-electron chi connectivity index (χ0n) is 15.3. The van der Waals surface area contributed by atoms with E-state index >= 15 is 0 Å². The Labute approximate surface area is 169 Å². The van der Waals surface area contributed by atoms with E-state index in [2.05, 4.69) is 9.88 Å². The number of aryl methyl sites for hydroxylation is 1. The van der Waals surface area contributed by atoms with Crippen molar-refractivity contribution in [2.24, 2.45) is 5.92 Å². The van der Waals surface area contributed by atoms with Crippen LogP contribution < -0.4 is 15.0 Å². The molecule has 4 heterocycles. The number of aliphatic hydroxyl groups is 1. The van der Waals surface area contributed by atoms with Gasteiger partial charge in [0.1, 0.15) is 11.6 Å². The lowest BCUT2D eigenvalue weighted by atomic mass is 9.92. The average molecular weight is 425 g/mol. The summed E-state index contributed by atoms with van der Waals surface area (Å²) in [6.07, 6.45) is 3.77. The van der Waals surface area contributed by atoms with Crippen molar-refractivity contribution in [2.75, 3.05) is 7.05 Å². The number of carbonyl (C=O) groups is 3. The fourth-order valence-corrected chi connectivity index (χ4v) is 7.06. The van der Waals surface area contributed by atoms with Crippen molar-refractivity contribution in [1.29, 1.82) is 0 Å². The molecule has 150 valence electrons. The molecule has 0 spiro atoms. The predicted octanol–water partition coefficient (Wildman–Crippen LogP) is -1.47. The summed E-state index contributed by atoms with van der Waals surface area (Å²) in [5, 5.41) is 23.7. The van der Waals surface area contributed by atoms with Gasteiger partial charge in [-0.2, -0.15) is 0 Å². The van der Waals surface area contributed by atoms with Gasteiger partial charge in [0.2, 0.25) is 12.2 Å². The SMILES string of the molecule is CNC(=O)C[n+]1cc2n(c1)CC[C@@H]2SC1=C(C(=O)[O-])N2C(=O)[C@H]([C@@H](C)O)[C@H]2S1. The number of nitrogens with zero attached hydrogens (tertiary/aromatic N) is 3. The number of amides is 2. The van der Waals surface area contributed by atoms with Crippen LogP contribution in [0.15, 0.2) is 22.5 Å². The van der Waals surface area contributed by atoms with Crippen LogP contribution in [0.3, 0.4) is 0 Å². The summed E-state index contributed by atoms with van der Waals surface area (Å²) in [6.45, 7) is 2.53. The van der Waals surface area contributed by atoms with Crippen molar-refractivity contribution >= 4 is 41.3 Å². The van der Waals surface area contributed by atoms with Gasteiger partial charge in [-0.25, -0.2) is 9.13 Å². The Morgan fingerprint density at radius 1 is 1.54 bits per heavy atom. The monoisotopic (exact) mass is 424 g/mol. The quantitative estimate of drug-likeness (QED) is 0.423. The number of aliphatic carboxylic acids is 1. The lowest BCUT2D eigenvalue weighted by molar-refractivity contribution is -0.684. The Kier molecular flexibility index (Phi) is 4.92. The molecule has 9 nitrogen and oxygen atoms in total. The Hall–Kier alpha value is -1.98. The molecule has 4 atom stereocenters. The third-order valence-electron chi connectivity index (χ3n) is 5.19. The van der Waals surface area contributed by atoms with Crippen LogP contribution in [-0.2, 0) is 27.5 Å². The van der Waals surface area contributed by atoms with E-state index in [4.69, 9.17) is 0 Å². The first-order valence-corrected chi connectivity index (χ1v) is 10.7. The van der Waals surface area contributed by atoms with E-state index in [-0.39, 0.29) is 29.3 Å². The molecule has 28 heavy (non-hydrogen) atoms. The molecule has 11 heteroatoms. The van der Waals surface area contributed by atoms with Gasteiger partial charge >= 0.3 is 0 Å². The van der Waals surface area contributed by atoms with Crippen LogP contribution >= 0.6 is 23.5 Å². The van der Waals surface area contributed by atoms with E-state index in [1.807, 2.05) is 12.5 Å². The van der Waals surface area contributed by atoms with E-state index < -0.39 is 23.4 Å². The van der Waals surface area contributed by atoms with Crippen molar-refractivity contribution in [2.45, 2.75) is 43.2 Å². The maximum absolute atomic E-state index is 12.3. The molecule has 0 aromatic carbocycles. The largest absolute Gasteiger partial charge is 0.543 e. The fourth-order valence-electron chi connectivity index (χ4n) is 3.79. The smallest absolute Gasteiger partial charge is 0.262 e. The summed E-state index contributed by atoms with van der Waals surface area (Å²) >= 11 is 2.71. The second-order valence-corrected chi connectivity index (χ2v) is 9.61. The van der Waals surface area contributed by atoms with Gasteiger partial charge in [-0.15, -0.1) is 11.8 Å². The number of likely N-dealkylation sites (N-methyl/N-ethyl adjacent to an activating group) is 1. The van der Waals surface area contributed by atoms with Gasteiger partial charge in [0.05, 0.1) is 39.7 Å². The standard InChI is InChI=1S/C17H20N4O5S2/c1-8(22)12-14(24)21-13(16(25)26)17(28-15(12)21)27-10-3-4-20-7-19(5-9(10)20)6-11(23)18-2/h5,7-8,10,12,15,22H,3-4,6H2,1-2H3,(H-,18,23,25,26)/t8-,10+,12+,15-/m1/s1. The Morgan fingerprint density at radius 2 is 2.29 bits per heavy atom. The van der Waals surface area contributed by atoms with Crippen molar-refractivity contribution in [1.82, 2.24) is 14.8 Å². The van der Waals surface area contributed by atoms with Crippen LogP contribution in [-0.4, -0.2) is 50.9 Å². The number of nitrogens with one attached hydrogen (secondary N) is 1. The molecule has 1 fully saturated rings. The van der Waals surface area contributed by atoms with Crippen LogP contribution in [0.25, 0.3) is 0 Å². The fraction of sp³-hybridized carbons (Fsp3) is 0.529. The second kappa shape index (κ2) is 7.12. The Morgan fingerprint density at radius 3 is 2.93 bits per heavy atom. The van der Waals surface area contributed by atoms with Gasteiger partial charge in [0.25, 0.3) is 5.91 Å². The third kappa shape index (κ3) is 3.01. The van der Waals surface area contributed by atoms with Crippen LogP contribution in [0.1, 0.15) is 24.3 Å². The molecular formula is C17H20N4O5S2. The Balaban J connectivity index is 1.55. The van der Waals surface area contributed by atoms with E-state index in [1.165, 1.54) is 28.4 Å². The second-order valence-electron chi connectivity index (χ2n) is 7.01. The van der Waals surface area contributed by atoms with E-state index in [9.17, 15) is 24.6 Å². The number of thioether (sulfide) groups is 2. The van der Waals surface area contributed by atoms with Gasteiger partial charge < -0.3 is 20.3 Å². The minimum Gasteiger partial charge on any atom is -0.543 e. The van der Waals surface area contributed by atoms with Gasteiger partial charge in [0.15, 0.2) is 12.2 Å². The molecule has 0 aliphatic carbocycles. The third-order valence-corrected chi connectivity index (χ3v) is 8.09. The molecule has 4 rings (SSSR count). The molecule has 3 aliphatic rings. The van der Waals surface area contributed by atoms with Crippen molar-refractivity contribution < 1.29 is 29.2 Å². The number of imidazole rings is 1. The maximum Gasteiger partial charge on any atom is 0.262 e.